The summed E-state index contributed by atoms with van der Waals surface area (Å²) in [5, 5.41) is 0.967. The summed E-state index contributed by atoms with van der Waals surface area (Å²) in [6.45, 7) is 3.10. The van der Waals surface area contributed by atoms with Gasteiger partial charge in [0.25, 0.3) is 5.91 Å². The molecule has 0 radical (unpaired) electrons. The van der Waals surface area contributed by atoms with Crippen molar-refractivity contribution in [3.63, 3.8) is 0 Å². The Kier molecular flexibility index (Phi) is 5.29. The number of amides is 1. The Labute approximate surface area is 148 Å². The maximum absolute atomic E-state index is 12.6. The highest BCUT2D eigenvalue weighted by atomic mass is 16.5. The third kappa shape index (κ3) is 3.97. The summed E-state index contributed by atoms with van der Waals surface area (Å²) in [5.74, 6) is 0.876. The number of hydrogen-bond acceptors (Lipinski definition) is 3. The van der Waals surface area contributed by atoms with Gasteiger partial charge in [-0.15, -0.1) is 0 Å². The molecule has 0 N–H and O–H groups in total. The molecule has 3 rings (SSSR count). The number of ether oxygens (including phenoxy) is 1. The van der Waals surface area contributed by atoms with Crippen molar-refractivity contribution >= 4 is 16.8 Å². The van der Waals surface area contributed by atoms with Gasteiger partial charge >= 0.3 is 0 Å². The minimum atomic E-state index is -0.0156. The normalized spacial score (nSPS) is 10.6. The average molecular weight is 334 g/mol. The van der Waals surface area contributed by atoms with Crippen LogP contribution in [-0.2, 0) is 6.42 Å². The highest BCUT2D eigenvalue weighted by Crippen LogP contribution is 2.18. The molecule has 0 atom stereocenters. The second-order valence-electron chi connectivity index (χ2n) is 5.95. The standard InChI is InChI=1S/C21H22N2O2/c1-3-16-7-4-5-9-20(16)25-14-13-23(2)21(24)18-10-11-19-17(15-18)8-6-12-22-19/h4-12,15H,3,13-14H2,1-2H3. The van der Waals surface area contributed by atoms with E-state index in [1.165, 1.54) is 5.56 Å². The van der Waals surface area contributed by atoms with Crippen molar-refractivity contribution in [2.75, 3.05) is 20.2 Å². The first-order valence-corrected chi connectivity index (χ1v) is 8.50. The Balaban J connectivity index is 1.62. The molecule has 0 unspecified atom stereocenters. The molecule has 0 spiro atoms. The van der Waals surface area contributed by atoms with E-state index in [0.29, 0.717) is 18.7 Å². The molecule has 0 saturated carbocycles. The average Bonchev–Trinajstić information content (AvgIpc) is 2.67. The predicted molar refractivity (Wildman–Crippen MR) is 100 cm³/mol. The van der Waals surface area contributed by atoms with E-state index in [2.05, 4.69) is 18.0 Å². The number of aromatic nitrogens is 1. The van der Waals surface area contributed by atoms with E-state index in [9.17, 15) is 4.79 Å². The van der Waals surface area contributed by atoms with Crippen LogP contribution >= 0.6 is 0 Å². The van der Waals surface area contributed by atoms with E-state index in [4.69, 9.17) is 4.74 Å². The number of benzene rings is 2. The van der Waals surface area contributed by atoms with Crippen molar-refractivity contribution < 1.29 is 9.53 Å². The smallest absolute Gasteiger partial charge is 0.253 e. The lowest BCUT2D eigenvalue weighted by atomic mass is 10.1. The molecule has 4 nitrogen and oxygen atoms in total. The number of nitrogens with zero attached hydrogens (tertiary/aromatic N) is 2. The van der Waals surface area contributed by atoms with Crippen LogP contribution < -0.4 is 4.74 Å². The quantitative estimate of drug-likeness (QED) is 0.685. The zero-order valence-corrected chi connectivity index (χ0v) is 14.6. The monoisotopic (exact) mass is 334 g/mol. The number of fused-ring (bicyclic) bond motifs is 1. The zero-order chi connectivity index (χ0) is 17.6. The summed E-state index contributed by atoms with van der Waals surface area (Å²) >= 11 is 0. The third-order valence-electron chi connectivity index (χ3n) is 4.23. The molecule has 0 bridgehead atoms. The minimum absolute atomic E-state index is 0.0156. The number of para-hydroxylation sites is 1. The Morgan fingerprint density at radius 1 is 1.12 bits per heavy atom. The molecule has 1 amide bonds. The van der Waals surface area contributed by atoms with Crippen LogP contribution in [0.25, 0.3) is 10.9 Å². The summed E-state index contributed by atoms with van der Waals surface area (Å²) in [4.78, 5) is 18.6. The fourth-order valence-electron chi connectivity index (χ4n) is 2.76. The molecule has 0 saturated heterocycles. The number of aryl methyl sites for hydroxylation is 1. The summed E-state index contributed by atoms with van der Waals surface area (Å²) < 4.78 is 5.85. The summed E-state index contributed by atoms with van der Waals surface area (Å²) in [6.07, 6.45) is 2.68. The van der Waals surface area contributed by atoms with Crippen LogP contribution in [0.4, 0.5) is 0 Å². The Morgan fingerprint density at radius 2 is 1.96 bits per heavy atom. The first kappa shape index (κ1) is 17.0. The predicted octanol–water partition coefficient (Wildman–Crippen LogP) is 3.95. The van der Waals surface area contributed by atoms with E-state index >= 15 is 0 Å². The van der Waals surface area contributed by atoms with Crippen molar-refractivity contribution in [3.8, 4) is 5.75 Å². The molecule has 4 heteroatoms. The van der Waals surface area contributed by atoms with Gasteiger partial charge in [-0.3, -0.25) is 9.78 Å². The lowest BCUT2D eigenvalue weighted by Crippen LogP contribution is -2.30. The molecular weight excluding hydrogens is 312 g/mol. The molecule has 0 aliphatic heterocycles. The van der Waals surface area contributed by atoms with Crippen LogP contribution in [0.15, 0.2) is 60.8 Å². The number of likely N-dealkylation sites (N-methyl/N-ethyl adjacent to an activating group) is 1. The highest BCUT2D eigenvalue weighted by molar-refractivity contribution is 5.97. The molecule has 0 fully saturated rings. The van der Waals surface area contributed by atoms with Gasteiger partial charge < -0.3 is 9.64 Å². The third-order valence-corrected chi connectivity index (χ3v) is 4.23. The van der Waals surface area contributed by atoms with E-state index < -0.39 is 0 Å². The first-order valence-electron chi connectivity index (χ1n) is 8.50. The lowest BCUT2D eigenvalue weighted by Gasteiger charge is -2.18. The van der Waals surface area contributed by atoms with Gasteiger partial charge in [-0.05, 0) is 42.3 Å². The summed E-state index contributed by atoms with van der Waals surface area (Å²) in [7, 11) is 1.80. The number of carbonyl (C=O) groups is 1. The fourth-order valence-corrected chi connectivity index (χ4v) is 2.76. The molecule has 3 aromatic rings. The zero-order valence-electron chi connectivity index (χ0n) is 14.6. The van der Waals surface area contributed by atoms with Crippen LogP contribution in [0.1, 0.15) is 22.8 Å². The van der Waals surface area contributed by atoms with Gasteiger partial charge in [-0.1, -0.05) is 31.2 Å². The van der Waals surface area contributed by atoms with Gasteiger partial charge in [0.15, 0.2) is 0 Å². The Hall–Kier alpha value is -2.88. The van der Waals surface area contributed by atoms with Crippen molar-refractivity contribution in [1.82, 2.24) is 9.88 Å². The van der Waals surface area contributed by atoms with Crippen molar-refractivity contribution in [1.29, 1.82) is 0 Å². The number of carbonyl (C=O) groups excluding carboxylic acids is 1. The van der Waals surface area contributed by atoms with Gasteiger partial charge in [0.2, 0.25) is 0 Å². The topological polar surface area (TPSA) is 42.4 Å². The van der Waals surface area contributed by atoms with Crippen LogP contribution in [0.2, 0.25) is 0 Å². The van der Waals surface area contributed by atoms with Gasteiger partial charge in [0.1, 0.15) is 12.4 Å². The van der Waals surface area contributed by atoms with Crippen LogP contribution in [-0.4, -0.2) is 36.0 Å². The van der Waals surface area contributed by atoms with E-state index in [1.807, 2.05) is 48.5 Å². The number of rotatable bonds is 6. The molecule has 0 aliphatic rings. The van der Waals surface area contributed by atoms with Gasteiger partial charge in [-0.25, -0.2) is 0 Å². The maximum Gasteiger partial charge on any atom is 0.253 e. The van der Waals surface area contributed by atoms with Gasteiger partial charge in [0.05, 0.1) is 12.1 Å². The molecule has 128 valence electrons. The number of pyridine rings is 1. The summed E-state index contributed by atoms with van der Waals surface area (Å²) in [6, 6.07) is 17.4. The van der Waals surface area contributed by atoms with Gasteiger partial charge in [0, 0.05) is 24.2 Å². The Bertz CT molecular complexity index is 876. The van der Waals surface area contributed by atoms with Crippen molar-refractivity contribution in [2.45, 2.75) is 13.3 Å². The van der Waals surface area contributed by atoms with E-state index in [-0.39, 0.29) is 5.91 Å². The van der Waals surface area contributed by atoms with Crippen LogP contribution in [0, 0.1) is 0 Å². The number of hydrogen-bond donors (Lipinski definition) is 0. The molecule has 1 heterocycles. The molecule has 1 aromatic heterocycles. The molecular formula is C21H22N2O2. The highest BCUT2D eigenvalue weighted by Gasteiger charge is 2.12. The van der Waals surface area contributed by atoms with E-state index in [1.54, 1.807) is 18.1 Å². The minimum Gasteiger partial charge on any atom is -0.491 e. The Morgan fingerprint density at radius 3 is 2.80 bits per heavy atom. The largest absolute Gasteiger partial charge is 0.491 e. The van der Waals surface area contributed by atoms with Crippen molar-refractivity contribution in [3.05, 3.63) is 71.9 Å². The molecule has 0 aliphatic carbocycles. The van der Waals surface area contributed by atoms with Gasteiger partial charge in [-0.2, -0.15) is 0 Å². The second kappa shape index (κ2) is 7.79. The van der Waals surface area contributed by atoms with Crippen LogP contribution in [0.5, 0.6) is 5.75 Å². The maximum atomic E-state index is 12.6. The lowest BCUT2D eigenvalue weighted by molar-refractivity contribution is 0.0773. The SMILES string of the molecule is CCc1ccccc1OCCN(C)C(=O)c1ccc2ncccc2c1. The first-order chi connectivity index (χ1) is 12.2. The van der Waals surface area contributed by atoms with Crippen molar-refractivity contribution in [2.24, 2.45) is 0 Å². The van der Waals surface area contributed by atoms with Crippen LogP contribution in [0.3, 0.4) is 0 Å². The summed E-state index contributed by atoms with van der Waals surface area (Å²) in [5.41, 5.74) is 2.73. The molecule has 25 heavy (non-hydrogen) atoms. The van der Waals surface area contributed by atoms with E-state index in [0.717, 1.165) is 23.1 Å². The second-order valence-corrected chi connectivity index (χ2v) is 5.95. The molecule has 2 aromatic carbocycles. The fraction of sp³-hybridized carbons (Fsp3) is 0.238.